The Labute approximate surface area is 204 Å². The quantitative estimate of drug-likeness (QED) is 0.267. The lowest BCUT2D eigenvalue weighted by atomic mass is 10.0. The lowest BCUT2D eigenvalue weighted by Crippen LogP contribution is -2.32. The van der Waals surface area contributed by atoms with Crippen molar-refractivity contribution in [2.24, 2.45) is 0 Å². The molecule has 5 nitrogen and oxygen atoms in total. The van der Waals surface area contributed by atoms with E-state index in [1.54, 1.807) is 48.5 Å². The highest BCUT2D eigenvalue weighted by Crippen LogP contribution is 2.27. The Morgan fingerprint density at radius 3 is 1.66 bits per heavy atom. The molecule has 2 atom stereocenters. The smallest absolute Gasteiger partial charge is 0.338 e. The van der Waals surface area contributed by atoms with E-state index in [9.17, 15) is 9.59 Å². The molecule has 0 bridgehead atoms. The minimum atomic E-state index is -0.795. The van der Waals surface area contributed by atoms with Crippen molar-refractivity contribution in [2.75, 3.05) is 6.61 Å². The van der Waals surface area contributed by atoms with Crippen molar-refractivity contribution in [1.29, 1.82) is 0 Å². The van der Waals surface area contributed by atoms with Crippen LogP contribution in [0.5, 0.6) is 0 Å². The summed E-state index contributed by atoms with van der Waals surface area (Å²) in [6.07, 6.45) is -1.53. The molecule has 0 saturated carbocycles. The van der Waals surface area contributed by atoms with E-state index in [1.807, 2.05) is 72.8 Å². The molecular weight excluding hydrogens is 440 g/mol. The minimum Gasteiger partial charge on any atom is -0.459 e. The molecule has 0 aliphatic heterocycles. The summed E-state index contributed by atoms with van der Waals surface area (Å²) in [4.78, 5) is 25.6. The van der Waals surface area contributed by atoms with Crippen LogP contribution >= 0.6 is 0 Å². The summed E-state index contributed by atoms with van der Waals surface area (Å²) in [7, 11) is 0. The molecule has 4 aromatic rings. The Kier molecular flexibility index (Phi) is 8.41. The van der Waals surface area contributed by atoms with Crippen LogP contribution in [0.15, 0.2) is 121 Å². The van der Waals surface area contributed by atoms with Gasteiger partial charge in [-0.2, -0.15) is 0 Å². The van der Waals surface area contributed by atoms with Gasteiger partial charge in [-0.3, -0.25) is 0 Å². The molecule has 4 aromatic carbocycles. The molecule has 176 valence electrons. The molecule has 0 spiro atoms. The molecule has 35 heavy (non-hydrogen) atoms. The number of hydrogen-bond acceptors (Lipinski definition) is 5. The van der Waals surface area contributed by atoms with Gasteiger partial charge in [0.05, 0.1) is 17.7 Å². The van der Waals surface area contributed by atoms with Crippen molar-refractivity contribution >= 4 is 11.9 Å². The highest BCUT2D eigenvalue weighted by atomic mass is 16.6. The van der Waals surface area contributed by atoms with Crippen LogP contribution < -0.4 is 0 Å². The first-order chi connectivity index (χ1) is 17.2. The van der Waals surface area contributed by atoms with Gasteiger partial charge in [-0.05, 0) is 35.4 Å². The van der Waals surface area contributed by atoms with Crippen molar-refractivity contribution in [1.82, 2.24) is 0 Å². The van der Waals surface area contributed by atoms with Crippen molar-refractivity contribution in [3.8, 4) is 0 Å². The number of hydrogen-bond donors (Lipinski definition) is 0. The normalized spacial score (nSPS) is 12.3. The molecule has 0 aromatic heterocycles. The second-order valence-corrected chi connectivity index (χ2v) is 7.90. The zero-order valence-electron chi connectivity index (χ0n) is 19.2. The van der Waals surface area contributed by atoms with Crippen LogP contribution in [0.2, 0.25) is 0 Å². The molecule has 0 radical (unpaired) electrons. The van der Waals surface area contributed by atoms with E-state index >= 15 is 0 Å². The van der Waals surface area contributed by atoms with Gasteiger partial charge in [0.1, 0.15) is 12.7 Å². The van der Waals surface area contributed by atoms with E-state index in [0.717, 1.165) is 11.1 Å². The van der Waals surface area contributed by atoms with Crippen molar-refractivity contribution < 1.29 is 23.8 Å². The predicted octanol–water partition coefficient (Wildman–Crippen LogP) is 6.03. The summed E-state index contributed by atoms with van der Waals surface area (Å²) in [5, 5.41) is 0. The third-order valence-electron chi connectivity index (χ3n) is 5.40. The highest BCUT2D eigenvalue weighted by molar-refractivity contribution is 5.90. The molecule has 0 aliphatic rings. The third kappa shape index (κ3) is 6.88. The fourth-order valence-electron chi connectivity index (χ4n) is 3.57. The maximum atomic E-state index is 13.0. The van der Waals surface area contributed by atoms with Crippen LogP contribution in [0, 0.1) is 0 Å². The Balaban J connectivity index is 1.58. The van der Waals surface area contributed by atoms with Crippen LogP contribution in [-0.2, 0) is 20.8 Å². The standard InChI is InChI=1S/C30H26O5/c31-29(25-17-9-3-10-18-25)34-22-27(33-21-23-13-5-1-6-14-23)28(24-15-7-2-8-16-24)35-30(32)26-19-11-4-12-20-26/h1-20,27-28H,21-22H2/t27-,28+/m1/s1. The summed E-state index contributed by atoms with van der Waals surface area (Å²) < 4.78 is 17.8. The lowest BCUT2D eigenvalue weighted by molar-refractivity contribution is -0.0851. The first kappa shape index (κ1) is 23.9. The molecular formula is C30H26O5. The first-order valence-corrected chi connectivity index (χ1v) is 11.4. The van der Waals surface area contributed by atoms with Gasteiger partial charge in [0.2, 0.25) is 0 Å². The van der Waals surface area contributed by atoms with Crippen LogP contribution in [0.3, 0.4) is 0 Å². The van der Waals surface area contributed by atoms with Crippen LogP contribution in [0.1, 0.15) is 37.9 Å². The summed E-state index contributed by atoms with van der Waals surface area (Å²) in [5.41, 5.74) is 2.56. The maximum absolute atomic E-state index is 13.0. The van der Waals surface area contributed by atoms with Gasteiger partial charge < -0.3 is 14.2 Å². The summed E-state index contributed by atoms with van der Waals surface area (Å²) in [6.45, 7) is 0.169. The summed E-state index contributed by atoms with van der Waals surface area (Å²) in [6, 6.07) is 36.5. The monoisotopic (exact) mass is 466 g/mol. The molecule has 0 amide bonds. The van der Waals surface area contributed by atoms with Crippen LogP contribution in [-0.4, -0.2) is 24.6 Å². The van der Waals surface area contributed by atoms with E-state index in [0.29, 0.717) is 11.1 Å². The number of benzene rings is 4. The summed E-state index contributed by atoms with van der Waals surface area (Å²) >= 11 is 0. The highest BCUT2D eigenvalue weighted by Gasteiger charge is 2.30. The van der Waals surface area contributed by atoms with Gasteiger partial charge in [0.25, 0.3) is 0 Å². The molecule has 0 unspecified atom stereocenters. The maximum Gasteiger partial charge on any atom is 0.338 e. The molecule has 5 heteroatoms. The number of ether oxygens (including phenoxy) is 3. The van der Waals surface area contributed by atoms with Gasteiger partial charge in [0, 0.05) is 0 Å². The number of rotatable bonds is 10. The Bertz CT molecular complexity index is 1190. The van der Waals surface area contributed by atoms with Crippen LogP contribution in [0.4, 0.5) is 0 Å². The fraction of sp³-hybridized carbons (Fsp3) is 0.133. The van der Waals surface area contributed by atoms with Gasteiger partial charge in [-0.1, -0.05) is 97.1 Å². The average Bonchev–Trinajstić information content (AvgIpc) is 2.94. The topological polar surface area (TPSA) is 61.8 Å². The fourth-order valence-corrected chi connectivity index (χ4v) is 3.57. The first-order valence-electron chi connectivity index (χ1n) is 11.4. The molecule has 0 saturated heterocycles. The minimum absolute atomic E-state index is 0.0950. The van der Waals surface area contributed by atoms with E-state index in [-0.39, 0.29) is 13.2 Å². The van der Waals surface area contributed by atoms with E-state index in [4.69, 9.17) is 14.2 Å². The van der Waals surface area contributed by atoms with Gasteiger partial charge in [-0.15, -0.1) is 0 Å². The molecule has 0 aliphatic carbocycles. The number of esters is 2. The molecule has 0 fully saturated rings. The molecule has 0 heterocycles. The SMILES string of the molecule is O=C(OC[C@@H](OCc1ccccc1)[C@@H](OC(=O)c1ccccc1)c1ccccc1)c1ccccc1. The van der Waals surface area contributed by atoms with E-state index in [1.165, 1.54) is 0 Å². The van der Waals surface area contributed by atoms with Gasteiger partial charge in [0.15, 0.2) is 6.10 Å². The Morgan fingerprint density at radius 2 is 1.09 bits per heavy atom. The molecule has 0 N–H and O–H groups in total. The second-order valence-electron chi connectivity index (χ2n) is 7.90. The van der Waals surface area contributed by atoms with Crippen molar-refractivity contribution in [2.45, 2.75) is 18.8 Å². The van der Waals surface area contributed by atoms with Crippen molar-refractivity contribution in [3.63, 3.8) is 0 Å². The largest absolute Gasteiger partial charge is 0.459 e. The number of carbonyl (C=O) groups excluding carboxylic acids is 2. The van der Waals surface area contributed by atoms with Gasteiger partial charge in [-0.25, -0.2) is 9.59 Å². The predicted molar refractivity (Wildman–Crippen MR) is 133 cm³/mol. The van der Waals surface area contributed by atoms with E-state index in [2.05, 4.69) is 0 Å². The average molecular weight is 467 g/mol. The third-order valence-corrected chi connectivity index (χ3v) is 5.40. The Morgan fingerprint density at radius 1 is 0.600 bits per heavy atom. The number of carbonyl (C=O) groups is 2. The second kappa shape index (κ2) is 12.3. The summed E-state index contributed by atoms with van der Waals surface area (Å²) in [5.74, 6) is -0.956. The van der Waals surface area contributed by atoms with Crippen molar-refractivity contribution in [3.05, 3.63) is 144 Å². The van der Waals surface area contributed by atoms with Gasteiger partial charge >= 0.3 is 11.9 Å². The lowest BCUT2D eigenvalue weighted by Gasteiger charge is -2.27. The zero-order valence-corrected chi connectivity index (χ0v) is 19.2. The zero-order chi connectivity index (χ0) is 24.3. The Hall–Kier alpha value is -4.22. The molecule has 4 rings (SSSR count). The van der Waals surface area contributed by atoms with Crippen LogP contribution in [0.25, 0.3) is 0 Å². The van der Waals surface area contributed by atoms with E-state index < -0.39 is 24.1 Å².